The molecule has 0 saturated heterocycles. The molecule has 4 nitrogen and oxygen atoms in total. The van der Waals surface area contributed by atoms with Gasteiger partial charge in [0, 0.05) is 7.11 Å². The van der Waals surface area contributed by atoms with Gasteiger partial charge >= 0.3 is 0 Å². The van der Waals surface area contributed by atoms with Crippen LogP contribution >= 0.6 is 28.1 Å². The molecule has 16 heavy (non-hydrogen) atoms. The second-order valence-electron chi connectivity index (χ2n) is 3.09. The Bertz CT molecular complexity index is 536. The minimum atomic E-state index is 0.431. The van der Waals surface area contributed by atoms with Crippen molar-refractivity contribution < 1.29 is 9.15 Å². The van der Waals surface area contributed by atoms with Crippen LogP contribution in [0.1, 0.15) is 5.69 Å². The molecule has 0 unspecified atom stereocenters. The lowest BCUT2D eigenvalue weighted by Crippen LogP contribution is -1.99. The molecule has 0 aromatic carbocycles. The van der Waals surface area contributed by atoms with Crippen molar-refractivity contribution in [2.45, 2.75) is 6.61 Å². The van der Waals surface area contributed by atoms with Gasteiger partial charge in [0.25, 0.3) is 0 Å². The minimum Gasteiger partial charge on any atom is -0.461 e. The molecule has 0 spiro atoms. The van der Waals surface area contributed by atoms with Crippen LogP contribution in [-0.2, 0) is 11.3 Å². The summed E-state index contributed by atoms with van der Waals surface area (Å²) in [6, 6.07) is 3.62. The van der Waals surface area contributed by atoms with Gasteiger partial charge in [-0.1, -0.05) is 12.2 Å². The highest BCUT2D eigenvalue weighted by Crippen LogP contribution is 2.21. The van der Waals surface area contributed by atoms with Gasteiger partial charge in [-0.05, 0) is 28.1 Å². The summed E-state index contributed by atoms with van der Waals surface area (Å²) < 4.78 is 11.6. The average molecular weight is 301 g/mol. The third-order valence-electron chi connectivity index (χ3n) is 1.98. The first-order chi connectivity index (χ1) is 7.72. The predicted octanol–water partition coefficient (Wildman–Crippen LogP) is 3.31. The lowest BCUT2D eigenvalue weighted by Gasteiger charge is -2.05. The number of nitrogens with zero attached hydrogens (tertiary/aromatic N) is 1. The Labute approximate surface area is 106 Å². The van der Waals surface area contributed by atoms with E-state index in [9.17, 15) is 0 Å². The van der Waals surface area contributed by atoms with Gasteiger partial charge in [0.1, 0.15) is 4.64 Å². The number of methoxy groups -OCH3 is 1. The fraction of sp³-hybridized carbons (Fsp3) is 0.200. The molecule has 0 radical (unpaired) electrons. The van der Waals surface area contributed by atoms with E-state index in [0.29, 0.717) is 22.8 Å². The van der Waals surface area contributed by atoms with E-state index in [1.165, 1.54) is 0 Å². The van der Waals surface area contributed by atoms with Crippen LogP contribution in [0.2, 0.25) is 0 Å². The lowest BCUT2D eigenvalue weighted by atomic mass is 10.3. The van der Waals surface area contributed by atoms with E-state index in [2.05, 4.69) is 25.9 Å². The fourth-order valence-corrected chi connectivity index (χ4v) is 1.80. The second-order valence-corrected chi connectivity index (χ2v) is 4.27. The summed E-state index contributed by atoms with van der Waals surface area (Å²) in [5.41, 5.74) is 0.842. The SMILES string of the molecule is COCc1[nH]c(-c2ccco2)nc(=S)c1Br. The van der Waals surface area contributed by atoms with Crippen molar-refractivity contribution in [3.05, 3.63) is 33.2 Å². The Kier molecular flexibility index (Phi) is 3.52. The Morgan fingerprint density at radius 3 is 3.06 bits per heavy atom. The van der Waals surface area contributed by atoms with E-state index < -0.39 is 0 Å². The number of ether oxygens (including phenoxy) is 1. The first-order valence-corrected chi connectivity index (χ1v) is 5.74. The van der Waals surface area contributed by atoms with Crippen molar-refractivity contribution in [1.29, 1.82) is 0 Å². The summed E-state index contributed by atoms with van der Waals surface area (Å²) in [7, 11) is 1.62. The Morgan fingerprint density at radius 2 is 2.44 bits per heavy atom. The highest BCUT2D eigenvalue weighted by Gasteiger charge is 2.09. The summed E-state index contributed by atoms with van der Waals surface area (Å²) >= 11 is 8.51. The van der Waals surface area contributed by atoms with Crippen LogP contribution in [0.5, 0.6) is 0 Å². The third-order valence-corrected chi connectivity index (χ3v) is 3.39. The Morgan fingerprint density at radius 1 is 1.62 bits per heavy atom. The molecule has 6 heteroatoms. The molecule has 2 heterocycles. The van der Waals surface area contributed by atoms with Crippen LogP contribution in [0.25, 0.3) is 11.6 Å². The number of nitrogens with one attached hydrogen (secondary N) is 1. The van der Waals surface area contributed by atoms with Crippen LogP contribution in [0.3, 0.4) is 0 Å². The number of furan rings is 1. The smallest absolute Gasteiger partial charge is 0.175 e. The maximum Gasteiger partial charge on any atom is 0.175 e. The zero-order valence-corrected chi connectivity index (χ0v) is 10.9. The number of aromatic amines is 1. The first kappa shape index (κ1) is 11.5. The molecular formula is C10H9BrN2O2S. The van der Waals surface area contributed by atoms with E-state index >= 15 is 0 Å². The fourth-order valence-electron chi connectivity index (χ4n) is 1.28. The molecule has 0 bridgehead atoms. The monoisotopic (exact) mass is 300 g/mol. The minimum absolute atomic E-state index is 0.431. The number of aromatic nitrogens is 2. The van der Waals surface area contributed by atoms with E-state index in [0.717, 1.165) is 10.2 Å². The van der Waals surface area contributed by atoms with Gasteiger partial charge in [-0.25, -0.2) is 4.98 Å². The van der Waals surface area contributed by atoms with Gasteiger partial charge < -0.3 is 14.1 Å². The molecule has 0 saturated carbocycles. The van der Waals surface area contributed by atoms with Crippen molar-refractivity contribution in [3.8, 4) is 11.6 Å². The topological polar surface area (TPSA) is 51.0 Å². The zero-order valence-electron chi connectivity index (χ0n) is 8.49. The van der Waals surface area contributed by atoms with Gasteiger partial charge in [-0.15, -0.1) is 0 Å². The molecule has 0 aliphatic carbocycles. The second kappa shape index (κ2) is 4.90. The van der Waals surface area contributed by atoms with E-state index in [1.54, 1.807) is 19.4 Å². The largest absolute Gasteiger partial charge is 0.461 e. The number of hydrogen-bond donors (Lipinski definition) is 1. The van der Waals surface area contributed by atoms with Crippen LogP contribution in [-0.4, -0.2) is 17.1 Å². The summed E-state index contributed by atoms with van der Waals surface area (Å²) in [6.07, 6.45) is 1.59. The zero-order chi connectivity index (χ0) is 11.5. The maximum absolute atomic E-state index is 5.25. The molecule has 84 valence electrons. The molecular weight excluding hydrogens is 292 g/mol. The molecule has 0 atom stereocenters. The normalized spacial score (nSPS) is 10.6. The molecule has 0 fully saturated rings. The maximum atomic E-state index is 5.25. The van der Waals surface area contributed by atoms with Crippen LogP contribution in [0, 0.1) is 4.64 Å². The molecule has 0 aliphatic heterocycles. The molecule has 2 aromatic rings. The quantitative estimate of drug-likeness (QED) is 0.884. The van der Waals surface area contributed by atoms with E-state index in [1.807, 2.05) is 6.07 Å². The van der Waals surface area contributed by atoms with E-state index in [-0.39, 0.29) is 0 Å². The highest BCUT2D eigenvalue weighted by atomic mass is 79.9. The standard InChI is InChI=1S/C10H9BrN2O2S/c1-14-5-6-8(11)10(16)13-9(12-6)7-3-2-4-15-7/h2-4H,5H2,1H3,(H,12,13,16). The molecule has 2 rings (SSSR count). The third kappa shape index (κ3) is 2.23. The molecule has 2 aromatic heterocycles. The summed E-state index contributed by atoms with van der Waals surface area (Å²) in [6.45, 7) is 0.431. The molecule has 0 aliphatic rings. The van der Waals surface area contributed by atoms with Gasteiger partial charge in [0.15, 0.2) is 11.6 Å². The molecule has 0 amide bonds. The van der Waals surface area contributed by atoms with E-state index in [4.69, 9.17) is 21.4 Å². The Hall–Kier alpha value is -0.980. The van der Waals surface area contributed by atoms with Gasteiger partial charge in [0.05, 0.1) is 23.0 Å². The number of halogens is 1. The van der Waals surface area contributed by atoms with Crippen molar-refractivity contribution >= 4 is 28.1 Å². The average Bonchev–Trinajstić information content (AvgIpc) is 2.78. The van der Waals surface area contributed by atoms with Crippen molar-refractivity contribution in [2.24, 2.45) is 0 Å². The predicted molar refractivity (Wildman–Crippen MR) is 65.5 cm³/mol. The first-order valence-electron chi connectivity index (χ1n) is 4.54. The summed E-state index contributed by atoms with van der Waals surface area (Å²) in [5, 5.41) is 0. The summed E-state index contributed by atoms with van der Waals surface area (Å²) in [5.74, 6) is 1.25. The van der Waals surface area contributed by atoms with Crippen molar-refractivity contribution in [1.82, 2.24) is 9.97 Å². The summed E-state index contributed by atoms with van der Waals surface area (Å²) in [4.78, 5) is 7.33. The van der Waals surface area contributed by atoms with Crippen molar-refractivity contribution in [3.63, 3.8) is 0 Å². The van der Waals surface area contributed by atoms with Gasteiger partial charge in [-0.2, -0.15) is 0 Å². The number of H-pyrrole nitrogens is 1. The lowest BCUT2D eigenvalue weighted by molar-refractivity contribution is 0.181. The number of hydrogen-bond acceptors (Lipinski definition) is 4. The van der Waals surface area contributed by atoms with Crippen LogP contribution < -0.4 is 0 Å². The van der Waals surface area contributed by atoms with Crippen LogP contribution in [0.4, 0.5) is 0 Å². The van der Waals surface area contributed by atoms with Crippen molar-refractivity contribution in [2.75, 3.05) is 7.11 Å². The highest BCUT2D eigenvalue weighted by molar-refractivity contribution is 9.10. The molecule has 1 N–H and O–H groups in total. The van der Waals surface area contributed by atoms with Crippen LogP contribution in [0.15, 0.2) is 27.3 Å². The van der Waals surface area contributed by atoms with Gasteiger partial charge in [-0.3, -0.25) is 0 Å². The van der Waals surface area contributed by atoms with Gasteiger partial charge in [0.2, 0.25) is 0 Å². The number of rotatable bonds is 3. The Balaban J connectivity index is 2.53.